The number of carboxylic acids is 1. The van der Waals surface area contributed by atoms with Gasteiger partial charge in [0.05, 0.1) is 17.5 Å². The van der Waals surface area contributed by atoms with E-state index in [2.05, 4.69) is 10.2 Å². The highest BCUT2D eigenvalue weighted by Crippen LogP contribution is 2.11. The third-order valence-corrected chi connectivity index (χ3v) is 3.90. The van der Waals surface area contributed by atoms with Gasteiger partial charge in [-0.15, -0.1) is 0 Å². The molecule has 8 heteroatoms. The molecule has 0 bridgehead atoms. The molecule has 1 N–H and O–H groups in total. The summed E-state index contributed by atoms with van der Waals surface area (Å²) in [7, 11) is 0. The van der Waals surface area contributed by atoms with Gasteiger partial charge in [-0.3, -0.25) is 14.2 Å². The largest absolute Gasteiger partial charge is 0.478 e. The number of rotatable bonds is 8. The second-order valence-corrected chi connectivity index (χ2v) is 5.55. The van der Waals surface area contributed by atoms with Crippen LogP contribution < -0.4 is 0 Å². The van der Waals surface area contributed by atoms with Crippen molar-refractivity contribution in [3.05, 3.63) is 35.4 Å². The maximum Gasteiger partial charge on any atom is 0.338 e. The number of hydrogen-bond donors (Lipinski definition) is 1. The van der Waals surface area contributed by atoms with Crippen molar-refractivity contribution in [2.45, 2.75) is 46.8 Å². The number of carbonyl (C=O) groups excluding carboxylic acids is 1. The molecule has 0 spiro atoms. The number of hydrogen-bond acceptors (Lipinski definition) is 4. The van der Waals surface area contributed by atoms with E-state index >= 15 is 0 Å². The second kappa shape index (κ2) is 7.76. The standard InChI is InChI=1S/C16H23N5O3/c1-4-19(9-14-11-20(5-2)18-12(14)3)15(22)6-7-21-10-13(8-17-21)16(23)24/h8,10-11H,4-7,9H2,1-3H3,(H,23,24). The molecule has 24 heavy (non-hydrogen) atoms. The van der Waals surface area contributed by atoms with E-state index in [9.17, 15) is 9.59 Å². The summed E-state index contributed by atoms with van der Waals surface area (Å²) in [4.78, 5) is 25.0. The van der Waals surface area contributed by atoms with E-state index in [1.54, 1.807) is 4.90 Å². The average Bonchev–Trinajstić information content (AvgIpc) is 3.17. The molecule has 0 aromatic carbocycles. The first-order valence-corrected chi connectivity index (χ1v) is 8.01. The SMILES string of the molecule is CCN(Cc1cn(CC)nc1C)C(=O)CCn1cc(C(=O)O)cn1. The molecule has 0 aliphatic rings. The Labute approximate surface area is 140 Å². The van der Waals surface area contributed by atoms with Gasteiger partial charge in [0.2, 0.25) is 5.91 Å². The number of carboxylic acid groups (broad SMARTS) is 1. The molecule has 2 aromatic rings. The molecule has 0 saturated carbocycles. The Bertz CT molecular complexity index is 719. The smallest absolute Gasteiger partial charge is 0.338 e. The van der Waals surface area contributed by atoms with E-state index in [1.165, 1.54) is 17.1 Å². The summed E-state index contributed by atoms with van der Waals surface area (Å²) in [6, 6.07) is 0. The van der Waals surface area contributed by atoms with Gasteiger partial charge in [0.1, 0.15) is 0 Å². The van der Waals surface area contributed by atoms with Crippen LogP contribution in [0.5, 0.6) is 0 Å². The van der Waals surface area contributed by atoms with Crippen LogP contribution in [0.15, 0.2) is 18.6 Å². The Balaban J connectivity index is 1.95. The van der Waals surface area contributed by atoms with Crippen LogP contribution >= 0.6 is 0 Å². The van der Waals surface area contributed by atoms with Crippen LogP contribution in [0.1, 0.15) is 41.9 Å². The third kappa shape index (κ3) is 4.21. The summed E-state index contributed by atoms with van der Waals surface area (Å²) in [5.41, 5.74) is 2.10. The van der Waals surface area contributed by atoms with Crippen molar-refractivity contribution in [1.29, 1.82) is 0 Å². The molecule has 0 saturated heterocycles. The molecule has 0 atom stereocenters. The fourth-order valence-electron chi connectivity index (χ4n) is 2.42. The molecular formula is C16H23N5O3. The minimum absolute atomic E-state index is 0.00789. The number of nitrogens with zero attached hydrogens (tertiary/aromatic N) is 5. The molecule has 2 heterocycles. The van der Waals surface area contributed by atoms with E-state index in [-0.39, 0.29) is 17.9 Å². The van der Waals surface area contributed by atoms with Gasteiger partial charge in [-0.05, 0) is 20.8 Å². The molecule has 0 aliphatic carbocycles. The van der Waals surface area contributed by atoms with Gasteiger partial charge in [-0.2, -0.15) is 10.2 Å². The fourth-order valence-corrected chi connectivity index (χ4v) is 2.42. The second-order valence-electron chi connectivity index (χ2n) is 5.55. The Morgan fingerprint density at radius 2 is 2.00 bits per heavy atom. The summed E-state index contributed by atoms with van der Waals surface area (Å²) in [5, 5.41) is 17.2. The van der Waals surface area contributed by atoms with E-state index in [0.29, 0.717) is 19.6 Å². The molecule has 8 nitrogen and oxygen atoms in total. The van der Waals surface area contributed by atoms with Crippen molar-refractivity contribution in [2.75, 3.05) is 6.54 Å². The highest BCUT2D eigenvalue weighted by Gasteiger charge is 2.15. The number of aromatic nitrogens is 4. The van der Waals surface area contributed by atoms with Gasteiger partial charge in [-0.25, -0.2) is 4.79 Å². The average molecular weight is 333 g/mol. The van der Waals surface area contributed by atoms with E-state index in [0.717, 1.165) is 17.8 Å². The zero-order valence-corrected chi connectivity index (χ0v) is 14.3. The van der Waals surface area contributed by atoms with Crippen LogP contribution in [0.3, 0.4) is 0 Å². The predicted molar refractivity (Wildman–Crippen MR) is 87.5 cm³/mol. The summed E-state index contributed by atoms with van der Waals surface area (Å²) in [6.45, 7) is 8.19. The van der Waals surface area contributed by atoms with E-state index in [4.69, 9.17) is 5.11 Å². The van der Waals surface area contributed by atoms with Gasteiger partial charge in [0.15, 0.2) is 0 Å². The summed E-state index contributed by atoms with van der Waals surface area (Å²) >= 11 is 0. The summed E-state index contributed by atoms with van der Waals surface area (Å²) in [6.07, 6.45) is 4.96. The number of carbonyl (C=O) groups is 2. The molecule has 1 amide bonds. The third-order valence-electron chi connectivity index (χ3n) is 3.90. The van der Waals surface area contributed by atoms with Crippen molar-refractivity contribution < 1.29 is 14.7 Å². The first-order valence-electron chi connectivity index (χ1n) is 8.01. The van der Waals surface area contributed by atoms with Crippen molar-refractivity contribution in [2.24, 2.45) is 0 Å². The fraction of sp³-hybridized carbons (Fsp3) is 0.500. The quantitative estimate of drug-likeness (QED) is 0.791. The van der Waals surface area contributed by atoms with E-state index in [1.807, 2.05) is 31.6 Å². The minimum Gasteiger partial charge on any atom is -0.478 e. The van der Waals surface area contributed by atoms with Crippen LogP contribution in [-0.2, 0) is 24.4 Å². The summed E-state index contributed by atoms with van der Waals surface area (Å²) < 4.78 is 3.34. The van der Waals surface area contributed by atoms with Crippen LogP contribution in [0.4, 0.5) is 0 Å². The maximum atomic E-state index is 12.4. The maximum absolute atomic E-state index is 12.4. The van der Waals surface area contributed by atoms with Crippen LogP contribution in [0, 0.1) is 6.92 Å². The van der Waals surface area contributed by atoms with Crippen LogP contribution in [0.25, 0.3) is 0 Å². The molecule has 0 fully saturated rings. The Hall–Kier alpha value is -2.64. The number of aromatic carboxylic acids is 1. The monoisotopic (exact) mass is 333 g/mol. The highest BCUT2D eigenvalue weighted by atomic mass is 16.4. The van der Waals surface area contributed by atoms with Crippen molar-refractivity contribution in [1.82, 2.24) is 24.5 Å². The van der Waals surface area contributed by atoms with Crippen LogP contribution in [-0.4, -0.2) is 48.0 Å². The van der Waals surface area contributed by atoms with Gasteiger partial charge >= 0.3 is 5.97 Å². The molecule has 130 valence electrons. The topological polar surface area (TPSA) is 93.2 Å². The zero-order chi connectivity index (χ0) is 17.7. The van der Waals surface area contributed by atoms with Crippen LogP contribution in [0.2, 0.25) is 0 Å². The highest BCUT2D eigenvalue weighted by molar-refractivity contribution is 5.86. The first-order chi connectivity index (χ1) is 11.4. The Kier molecular flexibility index (Phi) is 5.73. The molecule has 2 aromatic heterocycles. The molecule has 0 radical (unpaired) electrons. The zero-order valence-electron chi connectivity index (χ0n) is 14.3. The van der Waals surface area contributed by atoms with Gasteiger partial charge in [0, 0.05) is 50.6 Å². The lowest BCUT2D eigenvalue weighted by atomic mass is 10.2. The van der Waals surface area contributed by atoms with E-state index < -0.39 is 5.97 Å². The lowest BCUT2D eigenvalue weighted by molar-refractivity contribution is -0.131. The lowest BCUT2D eigenvalue weighted by Crippen LogP contribution is -2.31. The van der Waals surface area contributed by atoms with Gasteiger partial charge < -0.3 is 10.0 Å². The van der Waals surface area contributed by atoms with Crippen molar-refractivity contribution in [3.63, 3.8) is 0 Å². The minimum atomic E-state index is -1.02. The van der Waals surface area contributed by atoms with Crippen molar-refractivity contribution >= 4 is 11.9 Å². The molecular weight excluding hydrogens is 310 g/mol. The first kappa shape index (κ1) is 17.7. The molecule has 2 rings (SSSR count). The molecule has 0 aliphatic heterocycles. The lowest BCUT2D eigenvalue weighted by Gasteiger charge is -2.20. The Morgan fingerprint density at radius 3 is 2.54 bits per heavy atom. The number of amides is 1. The van der Waals surface area contributed by atoms with Crippen molar-refractivity contribution in [3.8, 4) is 0 Å². The Morgan fingerprint density at radius 1 is 1.25 bits per heavy atom. The summed E-state index contributed by atoms with van der Waals surface area (Å²) in [5.74, 6) is -1.01. The van der Waals surface area contributed by atoms with Gasteiger partial charge in [0.25, 0.3) is 0 Å². The van der Waals surface area contributed by atoms with Gasteiger partial charge in [-0.1, -0.05) is 0 Å². The molecule has 0 unspecified atom stereocenters. The number of aryl methyl sites for hydroxylation is 3. The normalized spacial score (nSPS) is 10.8. The predicted octanol–water partition coefficient (Wildman–Crippen LogP) is 1.54.